The first-order valence-electron chi connectivity index (χ1n) is 3.68. The molecule has 0 saturated heterocycles. The number of rotatable bonds is 2. The van der Waals surface area contributed by atoms with E-state index >= 15 is 0 Å². The Morgan fingerprint density at radius 2 is 2.00 bits per heavy atom. The van der Waals surface area contributed by atoms with E-state index in [4.69, 9.17) is 0 Å². The Morgan fingerprint density at radius 1 is 1.36 bits per heavy atom. The second-order valence-electron chi connectivity index (χ2n) is 2.71. The van der Waals surface area contributed by atoms with Crippen LogP contribution in [0, 0.1) is 6.92 Å². The van der Waals surface area contributed by atoms with Crippen molar-refractivity contribution < 1.29 is 64.4 Å². The summed E-state index contributed by atoms with van der Waals surface area (Å²) >= 11 is 0. The zero-order chi connectivity index (χ0) is 9.90. The molecule has 0 aromatic heterocycles. The Morgan fingerprint density at radius 3 is 2.50 bits per heavy atom. The Hall–Kier alpha value is 0.506. The van der Waals surface area contributed by atoms with Gasteiger partial charge in [0.2, 0.25) is 0 Å². The molecule has 0 atom stereocenters. The maximum atomic E-state index is 10.2. The zero-order valence-corrected chi connectivity index (χ0v) is 12.0. The van der Waals surface area contributed by atoms with Gasteiger partial charge in [-0.1, -0.05) is 29.8 Å². The molecule has 14 heavy (non-hydrogen) atoms. The molecule has 70 valence electrons. The maximum absolute atomic E-state index is 10.2. The number of hydrogen-bond donors (Lipinski definition) is 0. The molecule has 0 N–H and O–H groups in total. The van der Waals surface area contributed by atoms with Crippen molar-refractivity contribution >= 4 is 16.2 Å². The van der Waals surface area contributed by atoms with E-state index in [9.17, 15) is 13.0 Å². The fourth-order valence-corrected chi connectivity index (χ4v) is 1.26. The molecule has 0 unspecified atom stereocenters. The van der Waals surface area contributed by atoms with Gasteiger partial charge in [0.15, 0.2) is 0 Å². The zero-order valence-electron chi connectivity index (χ0n) is 8.10. The summed E-state index contributed by atoms with van der Waals surface area (Å²) in [4.78, 5) is 0. The molecule has 0 radical (unpaired) electrons. The van der Waals surface area contributed by atoms with Crippen LogP contribution < -0.4 is 51.4 Å². The van der Waals surface area contributed by atoms with E-state index in [0.29, 0.717) is 11.0 Å². The van der Waals surface area contributed by atoms with Crippen LogP contribution >= 0.6 is 0 Å². The van der Waals surface area contributed by atoms with Gasteiger partial charge in [-0.3, -0.25) is 0 Å². The van der Waals surface area contributed by atoms with Crippen LogP contribution in [0.1, 0.15) is 11.1 Å². The third-order valence-corrected chi connectivity index (χ3v) is 1.94. The molecule has 0 aliphatic rings. The van der Waals surface area contributed by atoms with Crippen molar-refractivity contribution in [2.45, 2.75) is 6.92 Å². The standard InChI is InChI=1S/C9H10O3S.K/c1-8-3-2-4-9(7-8)5-6-13(10,11)12;/h2-7H,1H3,(H,10,11,12);/q;+1/p-1/b6-5+;. The summed E-state index contributed by atoms with van der Waals surface area (Å²) in [5.74, 6) is 0. The second-order valence-corrected chi connectivity index (χ2v) is 3.97. The van der Waals surface area contributed by atoms with Gasteiger partial charge in [0.1, 0.15) is 10.1 Å². The van der Waals surface area contributed by atoms with Crippen LogP contribution in [0.25, 0.3) is 6.08 Å². The van der Waals surface area contributed by atoms with Crippen LogP contribution in [0.15, 0.2) is 29.7 Å². The first-order valence-corrected chi connectivity index (χ1v) is 5.15. The molecule has 0 aliphatic carbocycles. The molecule has 5 heteroatoms. The third-order valence-electron chi connectivity index (χ3n) is 1.47. The van der Waals surface area contributed by atoms with Gasteiger partial charge in [-0.2, -0.15) is 0 Å². The van der Waals surface area contributed by atoms with Gasteiger partial charge in [0, 0.05) is 5.41 Å². The Labute approximate surface area is 126 Å². The summed E-state index contributed by atoms with van der Waals surface area (Å²) in [5, 5.41) is 0.655. The van der Waals surface area contributed by atoms with Gasteiger partial charge in [-0.15, -0.1) is 0 Å². The molecule has 0 aliphatic heterocycles. The van der Waals surface area contributed by atoms with Crippen LogP contribution in [0.3, 0.4) is 0 Å². The van der Waals surface area contributed by atoms with Gasteiger partial charge in [-0.25, -0.2) is 8.42 Å². The summed E-state index contributed by atoms with van der Waals surface area (Å²) in [6, 6.07) is 7.21. The van der Waals surface area contributed by atoms with E-state index in [1.165, 1.54) is 6.08 Å². The normalized spacial score (nSPS) is 11.3. The minimum atomic E-state index is -4.27. The van der Waals surface area contributed by atoms with E-state index in [1.54, 1.807) is 18.2 Å². The summed E-state index contributed by atoms with van der Waals surface area (Å²) < 4.78 is 30.7. The Bertz CT molecular complexity index is 423. The first-order chi connectivity index (χ1) is 5.97. The second kappa shape index (κ2) is 6.17. The topological polar surface area (TPSA) is 57.2 Å². The van der Waals surface area contributed by atoms with Crippen molar-refractivity contribution in [1.82, 2.24) is 0 Å². The molecule has 0 bridgehead atoms. The predicted molar refractivity (Wildman–Crippen MR) is 49.9 cm³/mol. The van der Waals surface area contributed by atoms with Crippen molar-refractivity contribution in [2.24, 2.45) is 0 Å². The molecule has 0 spiro atoms. The van der Waals surface area contributed by atoms with Crippen molar-refractivity contribution in [3.63, 3.8) is 0 Å². The number of aryl methyl sites for hydroxylation is 1. The van der Waals surface area contributed by atoms with Crippen LogP contribution in [0.4, 0.5) is 0 Å². The Kier molecular flexibility index (Phi) is 6.39. The van der Waals surface area contributed by atoms with Crippen molar-refractivity contribution in [3.8, 4) is 0 Å². The summed E-state index contributed by atoms with van der Waals surface area (Å²) in [6.45, 7) is 1.89. The monoisotopic (exact) mass is 236 g/mol. The Balaban J connectivity index is 0.00000169. The van der Waals surface area contributed by atoms with Gasteiger partial charge < -0.3 is 4.55 Å². The minimum Gasteiger partial charge on any atom is -0.744 e. The fraction of sp³-hybridized carbons (Fsp3) is 0.111. The van der Waals surface area contributed by atoms with Crippen molar-refractivity contribution in [2.75, 3.05) is 0 Å². The average molecular weight is 236 g/mol. The van der Waals surface area contributed by atoms with E-state index in [1.807, 2.05) is 13.0 Å². The molecule has 0 fully saturated rings. The van der Waals surface area contributed by atoms with E-state index in [2.05, 4.69) is 0 Å². The molecular weight excluding hydrogens is 227 g/mol. The van der Waals surface area contributed by atoms with Crippen LogP contribution in [0.2, 0.25) is 0 Å². The fourth-order valence-electron chi connectivity index (χ4n) is 0.936. The SMILES string of the molecule is Cc1cccc(/C=C/S(=O)(=O)[O-])c1.[K+]. The minimum absolute atomic E-state index is 0. The maximum Gasteiger partial charge on any atom is 1.00 e. The van der Waals surface area contributed by atoms with Gasteiger partial charge in [0.05, 0.1) is 0 Å². The summed E-state index contributed by atoms with van der Waals surface area (Å²) in [6.07, 6.45) is 1.29. The van der Waals surface area contributed by atoms with E-state index < -0.39 is 10.1 Å². The molecular formula is C9H9KO3S. The molecule has 1 aromatic carbocycles. The quantitative estimate of drug-likeness (QED) is 0.464. The largest absolute Gasteiger partial charge is 1.00 e. The van der Waals surface area contributed by atoms with Crippen molar-refractivity contribution in [1.29, 1.82) is 0 Å². The first kappa shape index (κ1) is 14.5. The van der Waals surface area contributed by atoms with Crippen molar-refractivity contribution in [3.05, 3.63) is 40.8 Å². The van der Waals surface area contributed by atoms with Gasteiger partial charge in [0.25, 0.3) is 0 Å². The predicted octanol–water partition coefficient (Wildman–Crippen LogP) is -1.49. The van der Waals surface area contributed by atoms with E-state index in [-0.39, 0.29) is 51.4 Å². The molecule has 0 heterocycles. The molecule has 3 nitrogen and oxygen atoms in total. The van der Waals surface area contributed by atoms with Gasteiger partial charge in [-0.05, 0) is 18.6 Å². The number of hydrogen-bond acceptors (Lipinski definition) is 3. The molecule has 1 aromatic rings. The number of benzene rings is 1. The summed E-state index contributed by atoms with van der Waals surface area (Å²) in [5.41, 5.74) is 1.73. The van der Waals surface area contributed by atoms with Crippen LogP contribution in [-0.4, -0.2) is 13.0 Å². The van der Waals surface area contributed by atoms with Crippen LogP contribution in [-0.2, 0) is 10.1 Å². The molecule has 0 saturated carbocycles. The molecule has 1 rings (SSSR count). The summed E-state index contributed by atoms with van der Waals surface area (Å²) in [7, 11) is -4.27. The molecule has 0 amide bonds. The van der Waals surface area contributed by atoms with Crippen LogP contribution in [0.5, 0.6) is 0 Å². The third kappa shape index (κ3) is 6.08. The van der Waals surface area contributed by atoms with Gasteiger partial charge >= 0.3 is 51.4 Å². The smallest absolute Gasteiger partial charge is 0.744 e. The van der Waals surface area contributed by atoms with E-state index in [0.717, 1.165) is 5.56 Å². The average Bonchev–Trinajstić information content (AvgIpc) is 2.00.